The Balaban J connectivity index is 1.72. The highest BCUT2D eigenvalue weighted by atomic mass is 32.2. The summed E-state index contributed by atoms with van der Waals surface area (Å²) in [5.41, 5.74) is 1.76. The zero-order valence-corrected chi connectivity index (χ0v) is 15.1. The van der Waals surface area contributed by atoms with Crippen molar-refractivity contribution >= 4 is 34.2 Å². The van der Waals surface area contributed by atoms with Gasteiger partial charge in [-0.15, -0.1) is 5.10 Å². The van der Waals surface area contributed by atoms with Crippen molar-refractivity contribution in [1.29, 1.82) is 0 Å². The van der Waals surface area contributed by atoms with Crippen LogP contribution in [0, 0.1) is 15.9 Å². The molecule has 1 N–H and O–H groups in total. The van der Waals surface area contributed by atoms with E-state index in [1.54, 1.807) is 37.3 Å². The number of nitro groups is 1. The van der Waals surface area contributed by atoms with Gasteiger partial charge in [-0.05, 0) is 24.6 Å². The van der Waals surface area contributed by atoms with Gasteiger partial charge in [-0.3, -0.25) is 14.9 Å². The summed E-state index contributed by atoms with van der Waals surface area (Å²) in [4.78, 5) is 22.8. The summed E-state index contributed by atoms with van der Waals surface area (Å²) in [6.45, 7) is 1.73. The molecule has 3 rings (SSSR count). The average molecular weight is 386 g/mol. The van der Waals surface area contributed by atoms with Crippen LogP contribution in [-0.2, 0) is 11.2 Å². The lowest BCUT2D eigenvalue weighted by Gasteiger charge is -2.05. The first-order chi connectivity index (χ1) is 12.9. The maximum absolute atomic E-state index is 13.0. The summed E-state index contributed by atoms with van der Waals surface area (Å²) in [6, 6.07) is 12.2. The zero-order chi connectivity index (χ0) is 19.4. The summed E-state index contributed by atoms with van der Waals surface area (Å²) in [6.07, 6.45) is 0.216. The highest BCUT2D eigenvalue weighted by Gasteiger charge is 2.32. The normalized spacial score (nSPS) is 18.6. The Hall–Kier alpha value is -3.07. The van der Waals surface area contributed by atoms with Crippen molar-refractivity contribution in [3.8, 4) is 0 Å². The van der Waals surface area contributed by atoms with E-state index >= 15 is 0 Å². The highest BCUT2D eigenvalue weighted by Crippen LogP contribution is 2.27. The van der Waals surface area contributed by atoms with E-state index < -0.39 is 10.2 Å². The van der Waals surface area contributed by atoms with Gasteiger partial charge in [0.15, 0.2) is 5.17 Å². The van der Waals surface area contributed by atoms with Gasteiger partial charge in [-0.1, -0.05) is 42.1 Å². The minimum absolute atomic E-state index is 0.0125. The smallest absolute Gasteiger partial charge is 0.272 e. The van der Waals surface area contributed by atoms with Crippen molar-refractivity contribution in [2.45, 2.75) is 18.6 Å². The molecule has 2 aromatic carbocycles. The van der Waals surface area contributed by atoms with Crippen molar-refractivity contribution in [2.24, 2.45) is 10.2 Å². The SMILES string of the molecule is C/C(=N/N=C1/NC(=O)C(Cc2ccccc2[N+](=O)[O-])S1)c1ccc(F)cc1. The van der Waals surface area contributed by atoms with E-state index in [1.165, 1.54) is 30.0 Å². The molecule has 1 aliphatic rings. The van der Waals surface area contributed by atoms with Gasteiger partial charge < -0.3 is 5.32 Å². The third-order valence-electron chi connectivity index (χ3n) is 3.92. The number of nitro benzene ring substituents is 1. The van der Waals surface area contributed by atoms with Crippen LogP contribution in [0.5, 0.6) is 0 Å². The second-order valence-electron chi connectivity index (χ2n) is 5.78. The number of hydrogen-bond acceptors (Lipinski definition) is 6. The zero-order valence-electron chi connectivity index (χ0n) is 14.3. The van der Waals surface area contributed by atoms with Crippen LogP contribution < -0.4 is 5.32 Å². The van der Waals surface area contributed by atoms with Gasteiger partial charge in [-0.25, -0.2) is 4.39 Å². The Labute approximate surface area is 158 Å². The van der Waals surface area contributed by atoms with E-state index in [1.807, 2.05) is 0 Å². The Morgan fingerprint density at radius 2 is 1.96 bits per heavy atom. The van der Waals surface area contributed by atoms with Crippen molar-refractivity contribution in [3.63, 3.8) is 0 Å². The molecule has 1 heterocycles. The minimum atomic E-state index is -0.522. The molecule has 1 fully saturated rings. The topological polar surface area (TPSA) is 97.0 Å². The molecule has 9 heteroatoms. The quantitative estimate of drug-likeness (QED) is 0.484. The first kappa shape index (κ1) is 18.7. The van der Waals surface area contributed by atoms with Crippen molar-refractivity contribution < 1.29 is 14.1 Å². The molecule has 0 radical (unpaired) electrons. The first-order valence-corrected chi connectivity index (χ1v) is 8.90. The fourth-order valence-corrected chi connectivity index (χ4v) is 3.46. The predicted octanol–water partition coefficient (Wildman–Crippen LogP) is 3.29. The number of hydrogen-bond donors (Lipinski definition) is 1. The Morgan fingerprint density at radius 3 is 2.67 bits per heavy atom. The standard InChI is InChI=1S/C18H15FN4O3S/c1-11(12-6-8-14(19)9-7-12)21-22-18-20-17(24)16(27-18)10-13-4-2-3-5-15(13)23(25)26/h2-9,16H,10H2,1H3,(H,20,22,24)/b21-11-. The maximum atomic E-state index is 13.0. The number of nitrogens with zero attached hydrogens (tertiary/aromatic N) is 3. The van der Waals surface area contributed by atoms with Gasteiger partial charge in [0.25, 0.3) is 5.69 Å². The highest BCUT2D eigenvalue weighted by molar-refractivity contribution is 8.15. The molecule has 138 valence electrons. The van der Waals surface area contributed by atoms with Crippen LogP contribution in [0.3, 0.4) is 0 Å². The molecule has 7 nitrogen and oxygen atoms in total. The molecule has 0 aromatic heterocycles. The van der Waals surface area contributed by atoms with E-state index in [-0.39, 0.29) is 23.8 Å². The predicted molar refractivity (Wildman–Crippen MR) is 102 cm³/mol. The summed E-state index contributed by atoms with van der Waals surface area (Å²) in [5, 5.41) is 21.6. The van der Waals surface area contributed by atoms with E-state index in [0.717, 1.165) is 0 Å². The van der Waals surface area contributed by atoms with Gasteiger partial charge in [0.1, 0.15) is 5.82 Å². The fourth-order valence-electron chi connectivity index (χ4n) is 2.52. The number of para-hydroxylation sites is 1. The Kier molecular flexibility index (Phi) is 5.60. The number of carbonyl (C=O) groups excluding carboxylic acids is 1. The number of thioether (sulfide) groups is 1. The number of carbonyl (C=O) groups is 1. The molecule has 0 bridgehead atoms. The molecule has 1 atom stereocenters. The van der Waals surface area contributed by atoms with Crippen LogP contribution in [0.2, 0.25) is 0 Å². The first-order valence-electron chi connectivity index (χ1n) is 8.02. The van der Waals surface area contributed by atoms with Crippen LogP contribution in [0.15, 0.2) is 58.7 Å². The van der Waals surface area contributed by atoms with E-state index in [2.05, 4.69) is 15.5 Å². The van der Waals surface area contributed by atoms with Crippen LogP contribution in [-0.4, -0.2) is 27.0 Å². The third-order valence-corrected chi connectivity index (χ3v) is 5.00. The molecule has 1 aliphatic heterocycles. The number of nitrogens with one attached hydrogen (secondary N) is 1. The number of benzene rings is 2. The Bertz CT molecular complexity index is 944. The maximum Gasteiger partial charge on any atom is 0.272 e. The summed E-state index contributed by atoms with van der Waals surface area (Å²) in [5.74, 6) is -0.610. The van der Waals surface area contributed by atoms with Crippen molar-refractivity contribution in [3.05, 3.63) is 75.6 Å². The number of amides is 1. The second-order valence-corrected chi connectivity index (χ2v) is 6.97. The number of rotatable bonds is 5. The van der Waals surface area contributed by atoms with Gasteiger partial charge in [0, 0.05) is 18.1 Å². The van der Waals surface area contributed by atoms with Crippen LogP contribution >= 0.6 is 11.8 Å². The lowest BCUT2D eigenvalue weighted by atomic mass is 10.1. The average Bonchev–Trinajstić information content (AvgIpc) is 3.00. The number of halogens is 1. The van der Waals surface area contributed by atoms with Crippen LogP contribution in [0.25, 0.3) is 0 Å². The summed E-state index contributed by atoms with van der Waals surface area (Å²) in [7, 11) is 0. The second kappa shape index (κ2) is 8.09. The molecule has 0 aliphatic carbocycles. The lowest BCUT2D eigenvalue weighted by molar-refractivity contribution is -0.385. The van der Waals surface area contributed by atoms with E-state index in [4.69, 9.17) is 0 Å². The largest absolute Gasteiger partial charge is 0.303 e. The molecule has 2 aromatic rings. The molecule has 1 saturated heterocycles. The van der Waals surface area contributed by atoms with Crippen LogP contribution in [0.4, 0.5) is 10.1 Å². The van der Waals surface area contributed by atoms with Gasteiger partial charge in [0.05, 0.1) is 15.9 Å². The van der Waals surface area contributed by atoms with Crippen molar-refractivity contribution in [1.82, 2.24) is 5.32 Å². The Morgan fingerprint density at radius 1 is 1.26 bits per heavy atom. The minimum Gasteiger partial charge on any atom is -0.303 e. The third kappa shape index (κ3) is 4.56. The molecule has 1 amide bonds. The molecular weight excluding hydrogens is 371 g/mol. The molecule has 27 heavy (non-hydrogen) atoms. The monoisotopic (exact) mass is 386 g/mol. The van der Waals surface area contributed by atoms with Crippen molar-refractivity contribution in [2.75, 3.05) is 0 Å². The van der Waals surface area contributed by atoms with E-state index in [0.29, 0.717) is 22.0 Å². The van der Waals surface area contributed by atoms with Gasteiger partial charge in [-0.2, -0.15) is 5.10 Å². The lowest BCUT2D eigenvalue weighted by Crippen LogP contribution is -2.26. The fraction of sp³-hybridized carbons (Fsp3) is 0.167. The summed E-state index contributed by atoms with van der Waals surface area (Å²) < 4.78 is 13.0. The molecule has 0 spiro atoms. The molecular formula is C18H15FN4O3S. The molecule has 1 unspecified atom stereocenters. The van der Waals surface area contributed by atoms with Gasteiger partial charge >= 0.3 is 0 Å². The van der Waals surface area contributed by atoms with E-state index in [9.17, 15) is 19.3 Å². The van der Waals surface area contributed by atoms with Gasteiger partial charge in [0.2, 0.25) is 5.91 Å². The van der Waals surface area contributed by atoms with Crippen LogP contribution in [0.1, 0.15) is 18.1 Å². The summed E-state index contributed by atoms with van der Waals surface area (Å²) >= 11 is 1.17. The molecule has 0 saturated carbocycles. The number of amidine groups is 1.